The molecule has 0 N–H and O–H groups in total. The summed E-state index contributed by atoms with van der Waals surface area (Å²) >= 11 is 0. The molecule has 2 nitrogen and oxygen atoms in total. The molecule has 1 aliphatic heterocycles. The third-order valence-corrected chi connectivity index (χ3v) is 3.78. The van der Waals surface area contributed by atoms with Crippen molar-refractivity contribution < 1.29 is 4.74 Å². The van der Waals surface area contributed by atoms with Gasteiger partial charge in [-0.25, -0.2) is 0 Å². The van der Waals surface area contributed by atoms with Gasteiger partial charge >= 0.3 is 0 Å². The highest BCUT2D eigenvalue weighted by molar-refractivity contribution is 4.77. The van der Waals surface area contributed by atoms with E-state index in [1.165, 1.54) is 45.1 Å². The normalized spacial score (nSPS) is 26.1. The summed E-state index contributed by atoms with van der Waals surface area (Å²) in [4.78, 5) is 2.73. The van der Waals surface area contributed by atoms with E-state index < -0.39 is 0 Å². The van der Waals surface area contributed by atoms with Crippen molar-refractivity contribution in [3.05, 3.63) is 0 Å². The number of hydrogen-bond acceptors (Lipinski definition) is 2. The molecule has 0 aromatic rings. The Hall–Kier alpha value is -0.0800. The van der Waals surface area contributed by atoms with Gasteiger partial charge in [0.05, 0.1) is 0 Å². The zero-order chi connectivity index (χ0) is 11.8. The number of nitrogens with zero attached hydrogens (tertiary/aromatic N) is 1. The Bertz CT molecular complexity index is 172. The van der Waals surface area contributed by atoms with E-state index in [1.54, 1.807) is 0 Å². The van der Waals surface area contributed by atoms with Crippen molar-refractivity contribution in [2.24, 2.45) is 0 Å². The summed E-state index contributed by atoms with van der Waals surface area (Å²) < 4.78 is 5.56. The average Bonchev–Trinajstić information content (AvgIpc) is 2.28. The Morgan fingerprint density at radius 2 is 2.12 bits per heavy atom. The topological polar surface area (TPSA) is 12.5 Å². The van der Waals surface area contributed by atoms with Crippen LogP contribution in [0, 0.1) is 0 Å². The fourth-order valence-electron chi connectivity index (χ4n) is 2.68. The summed E-state index contributed by atoms with van der Waals surface area (Å²) in [6.07, 6.45) is 7.76. The molecule has 1 saturated heterocycles. The van der Waals surface area contributed by atoms with Crippen LogP contribution in [0.3, 0.4) is 0 Å². The molecule has 96 valence electrons. The van der Waals surface area contributed by atoms with Gasteiger partial charge in [0.1, 0.15) is 0 Å². The molecule has 1 rings (SSSR count). The van der Waals surface area contributed by atoms with Crippen molar-refractivity contribution in [2.45, 2.75) is 71.4 Å². The molecule has 0 aliphatic carbocycles. The monoisotopic (exact) mass is 227 g/mol. The first-order chi connectivity index (χ1) is 7.79. The number of ether oxygens (including phenoxy) is 1. The Morgan fingerprint density at radius 3 is 2.81 bits per heavy atom. The van der Waals surface area contributed by atoms with Gasteiger partial charge in [-0.3, -0.25) is 4.90 Å². The minimum atomic E-state index is 0.696. The smallest absolute Gasteiger partial charge is 0.0480 e. The van der Waals surface area contributed by atoms with Crippen LogP contribution in [-0.4, -0.2) is 36.7 Å². The van der Waals surface area contributed by atoms with Crippen LogP contribution in [0.5, 0.6) is 0 Å². The predicted molar refractivity (Wildman–Crippen MR) is 69.8 cm³/mol. The molecule has 16 heavy (non-hydrogen) atoms. The predicted octanol–water partition coefficient (Wildman–Crippen LogP) is 3.46. The molecule has 0 aromatic carbocycles. The van der Waals surface area contributed by atoms with Crippen molar-refractivity contribution in [3.8, 4) is 0 Å². The van der Waals surface area contributed by atoms with Gasteiger partial charge in [-0.05, 0) is 32.6 Å². The lowest BCUT2D eigenvalue weighted by atomic mass is 10.0. The molecule has 1 aliphatic rings. The lowest BCUT2D eigenvalue weighted by Crippen LogP contribution is -2.44. The summed E-state index contributed by atoms with van der Waals surface area (Å²) in [7, 11) is 0. The molecule has 0 spiro atoms. The second-order valence-electron chi connectivity index (χ2n) is 5.05. The fraction of sp³-hybridized carbons (Fsp3) is 1.00. The number of unbranched alkanes of at least 4 members (excludes halogenated alkanes) is 1. The molecule has 0 saturated carbocycles. The van der Waals surface area contributed by atoms with E-state index in [1.807, 2.05) is 0 Å². The van der Waals surface area contributed by atoms with Gasteiger partial charge in [0, 0.05) is 31.8 Å². The van der Waals surface area contributed by atoms with Gasteiger partial charge in [0.2, 0.25) is 0 Å². The second kappa shape index (κ2) is 8.08. The third-order valence-electron chi connectivity index (χ3n) is 3.78. The minimum absolute atomic E-state index is 0.696. The van der Waals surface area contributed by atoms with Gasteiger partial charge in [0.15, 0.2) is 0 Å². The Labute approximate surface area is 101 Å². The molecule has 1 fully saturated rings. The maximum absolute atomic E-state index is 5.56. The lowest BCUT2D eigenvalue weighted by Gasteiger charge is -2.37. The molecular weight excluding hydrogens is 198 g/mol. The third kappa shape index (κ3) is 4.42. The summed E-state index contributed by atoms with van der Waals surface area (Å²) in [5.74, 6) is 0. The van der Waals surface area contributed by atoms with Gasteiger partial charge in [-0.15, -0.1) is 0 Å². The summed E-state index contributed by atoms with van der Waals surface area (Å²) in [6.45, 7) is 10.1. The maximum Gasteiger partial charge on any atom is 0.0480 e. The standard InChI is InChI=1S/C14H29NO/c1-4-6-8-14(5-2)15-10-7-11-16-12-9-13(15)3/h13-14H,4-12H2,1-3H3. The van der Waals surface area contributed by atoms with E-state index in [-0.39, 0.29) is 0 Å². The molecule has 0 aromatic heterocycles. The molecular formula is C14H29NO. The zero-order valence-electron chi connectivity index (χ0n) is 11.4. The first-order valence-corrected chi connectivity index (χ1v) is 7.13. The van der Waals surface area contributed by atoms with Gasteiger partial charge in [-0.1, -0.05) is 26.7 Å². The maximum atomic E-state index is 5.56. The van der Waals surface area contributed by atoms with Crippen LogP contribution in [0.25, 0.3) is 0 Å². The van der Waals surface area contributed by atoms with Crippen LogP contribution in [0.2, 0.25) is 0 Å². The summed E-state index contributed by atoms with van der Waals surface area (Å²) in [6, 6.07) is 1.50. The molecule has 1 heterocycles. The minimum Gasteiger partial charge on any atom is -0.381 e. The van der Waals surface area contributed by atoms with Crippen molar-refractivity contribution in [1.29, 1.82) is 0 Å². The average molecular weight is 227 g/mol. The number of hydrogen-bond donors (Lipinski definition) is 0. The van der Waals surface area contributed by atoms with E-state index in [9.17, 15) is 0 Å². The second-order valence-corrected chi connectivity index (χ2v) is 5.05. The Morgan fingerprint density at radius 1 is 1.31 bits per heavy atom. The van der Waals surface area contributed by atoms with Crippen molar-refractivity contribution in [1.82, 2.24) is 4.90 Å². The molecule has 2 heteroatoms. The summed E-state index contributed by atoms with van der Waals surface area (Å²) in [5, 5.41) is 0. The Balaban J connectivity index is 2.48. The van der Waals surface area contributed by atoms with E-state index in [0.717, 1.165) is 19.3 Å². The molecule has 0 bridgehead atoms. The molecule has 0 amide bonds. The summed E-state index contributed by atoms with van der Waals surface area (Å²) in [5.41, 5.74) is 0. The highest BCUT2D eigenvalue weighted by atomic mass is 16.5. The quantitative estimate of drug-likeness (QED) is 0.713. The van der Waals surface area contributed by atoms with E-state index in [0.29, 0.717) is 6.04 Å². The van der Waals surface area contributed by atoms with Crippen molar-refractivity contribution in [2.75, 3.05) is 19.8 Å². The largest absolute Gasteiger partial charge is 0.381 e. The first kappa shape index (κ1) is 14.0. The van der Waals surface area contributed by atoms with Crippen molar-refractivity contribution >= 4 is 0 Å². The Kier molecular flexibility index (Phi) is 7.06. The molecule has 0 radical (unpaired) electrons. The van der Waals surface area contributed by atoms with E-state index in [2.05, 4.69) is 25.7 Å². The first-order valence-electron chi connectivity index (χ1n) is 7.13. The van der Waals surface area contributed by atoms with E-state index >= 15 is 0 Å². The number of rotatable bonds is 5. The highest BCUT2D eigenvalue weighted by Crippen LogP contribution is 2.19. The highest BCUT2D eigenvalue weighted by Gasteiger charge is 2.22. The van der Waals surface area contributed by atoms with Gasteiger partial charge in [0.25, 0.3) is 0 Å². The van der Waals surface area contributed by atoms with E-state index in [4.69, 9.17) is 4.74 Å². The SMILES string of the molecule is CCCCC(CC)N1CCCOCCC1C. The molecule has 2 unspecified atom stereocenters. The van der Waals surface area contributed by atoms with Crippen LogP contribution in [0.15, 0.2) is 0 Å². The van der Waals surface area contributed by atoms with Crippen LogP contribution in [0.4, 0.5) is 0 Å². The lowest BCUT2D eigenvalue weighted by molar-refractivity contribution is 0.0406. The van der Waals surface area contributed by atoms with Crippen LogP contribution >= 0.6 is 0 Å². The van der Waals surface area contributed by atoms with Gasteiger partial charge in [-0.2, -0.15) is 0 Å². The molecule has 2 atom stereocenters. The zero-order valence-corrected chi connectivity index (χ0v) is 11.4. The van der Waals surface area contributed by atoms with Crippen LogP contribution in [0.1, 0.15) is 59.3 Å². The van der Waals surface area contributed by atoms with Crippen molar-refractivity contribution in [3.63, 3.8) is 0 Å². The van der Waals surface area contributed by atoms with Crippen LogP contribution in [-0.2, 0) is 4.74 Å². The van der Waals surface area contributed by atoms with Crippen LogP contribution < -0.4 is 0 Å². The van der Waals surface area contributed by atoms with Gasteiger partial charge < -0.3 is 4.74 Å². The fourth-order valence-corrected chi connectivity index (χ4v) is 2.68.